The quantitative estimate of drug-likeness (QED) is 0.558. The number of aromatic nitrogens is 3. The Hall–Kier alpha value is -3.21. The molecule has 2 unspecified atom stereocenters. The third-order valence-electron chi connectivity index (χ3n) is 4.14. The van der Waals surface area contributed by atoms with Crippen LogP contribution in [-0.4, -0.2) is 57.4 Å². The molecule has 0 bridgehead atoms. The number of imidazole rings is 1. The van der Waals surface area contributed by atoms with Gasteiger partial charge in [0.2, 0.25) is 0 Å². The number of carbonyl (C=O) groups is 3. The van der Waals surface area contributed by atoms with Crippen LogP contribution in [0.2, 0.25) is 0 Å². The number of carbonyl (C=O) groups excluding carboxylic acids is 3. The van der Waals surface area contributed by atoms with Crippen LogP contribution in [0.1, 0.15) is 27.0 Å². The molecule has 150 valence electrons. The molecule has 3 rings (SSSR count). The zero-order chi connectivity index (χ0) is 20.4. The molecule has 3 heterocycles. The molecule has 0 saturated carbocycles. The first-order valence-corrected chi connectivity index (χ1v) is 8.48. The van der Waals surface area contributed by atoms with Crippen LogP contribution in [0.5, 0.6) is 0 Å². The second-order valence-electron chi connectivity index (χ2n) is 6.23. The molecule has 1 aliphatic heterocycles. The fourth-order valence-corrected chi connectivity index (χ4v) is 3.10. The van der Waals surface area contributed by atoms with Crippen molar-refractivity contribution in [2.75, 3.05) is 12.3 Å². The Morgan fingerprint density at radius 2 is 1.79 bits per heavy atom. The van der Waals surface area contributed by atoms with E-state index in [0.29, 0.717) is 11.0 Å². The predicted molar refractivity (Wildman–Crippen MR) is 93.6 cm³/mol. The van der Waals surface area contributed by atoms with Crippen molar-refractivity contribution < 1.29 is 33.3 Å². The van der Waals surface area contributed by atoms with Gasteiger partial charge in [-0.1, -0.05) is 0 Å². The number of nitrogens with zero attached hydrogens (tertiary/aromatic N) is 3. The van der Waals surface area contributed by atoms with Crippen LogP contribution in [0, 0.1) is 0 Å². The van der Waals surface area contributed by atoms with Crippen LogP contribution < -0.4 is 5.73 Å². The van der Waals surface area contributed by atoms with E-state index in [-0.39, 0.29) is 12.4 Å². The topological polar surface area (TPSA) is 145 Å². The Morgan fingerprint density at radius 1 is 1.11 bits per heavy atom. The van der Waals surface area contributed by atoms with Gasteiger partial charge in [0.25, 0.3) is 0 Å². The van der Waals surface area contributed by atoms with Gasteiger partial charge >= 0.3 is 17.9 Å². The molecule has 0 spiro atoms. The number of fused-ring (bicyclic) bond motifs is 1. The largest absolute Gasteiger partial charge is 0.463 e. The molecule has 0 aliphatic carbocycles. The monoisotopic (exact) mass is 392 g/mol. The number of ether oxygens (including phenoxy) is 4. The van der Waals surface area contributed by atoms with Gasteiger partial charge in [-0.2, -0.15) is 0 Å². The van der Waals surface area contributed by atoms with Gasteiger partial charge in [-0.15, -0.1) is 0 Å². The van der Waals surface area contributed by atoms with Crippen LogP contribution in [0.4, 0.5) is 5.82 Å². The summed E-state index contributed by atoms with van der Waals surface area (Å²) >= 11 is 0. The number of rotatable bonds is 5. The van der Waals surface area contributed by atoms with Crippen molar-refractivity contribution in [3.05, 3.63) is 18.6 Å². The van der Waals surface area contributed by atoms with Crippen LogP contribution >= 0.6 is 0 Å². The van der Waals surface area contributed by atoms with E-state index >= 15 is 0 Å². The second kappa shape index (κ2) is 7.80. The van der Waals surface area contributed by atoms with Crippen molar-refractivity contribution in [1.82, 2.24) is 14.5 Å². The van der Waals surface area contributed by atoms with E-state index in [0.717, 1.165) is 0 Å². The van der Waals surface area contributed by atoms with Crippen molar-refractivity contribution in [3.8, 4) is 0 Å². The minimum atomic E-state index is -0.992. The molecule has 1 saturated heterocycles. The van der Waals surface area contributed by atoms with E-state index in [9.17, 15) is 14.4 Å². The first kappa shape index (κ1) is 19.5. The van der Waals surface area contributed by atoms with Gasteiger partial charge in [-0.05, 0) is 6.07 Å². The molecule has 2 aromatic heterocycles. The smallest absolute Gasteiger partial charge is 0.303 e. The van der Waals surface area contributed by atoms with E-state index < -0.39 is 42.4 Å². The minimum Gasteiger partial charge on any atom is -0.463 e. The summed E-state index contributed by atoms with van der Waals surface area (Å²) in [4.78, 5) is 42.7. The minimum absolute atomic E-state index is 0.183. The zero-order valence-electron chi connectivity index (χ0n) is 15.5. The van der Waals surface area contributed by atoms with Crippen molar-refractivity contribution in [2.45, 2.75) is 45.3 Å². The van der Waals surface area contributed by atoms with Gasteiger partial charge in [0, 0.05) is 27.0 Å². The summed E-state index contributed by atoms with van der Waals surface area (Å²) in [6, 6.07) is 1.67. The maximum absolute atomic E-state index is 11.7. The van der Waals surface area contributed by atoms with Crippen molar-refractivity contribution >= 4 is 34.8 Å². The SMILES string of the molecule is CC(=O)OC[C@H]1O[C@@H](n2cnc3c(N)nccc32)C(OC(C)=O)C1OC(C)=O. The second-order valence-corrected chi connectivity index (χ2v) is 6.23. The normalized spacial score (nSPS) is 24.1. The van der Waals surface area contributed by atoms with E-state index in [1.165, 1.54) is 33.3 Å². The van der Waals surface area contributed by atoms with Crippen LogP contribution in [-0.2, 0) is 33.3 Å². The number of hydrogen-bond acceptors (Lipinski definition) is 10. The Balaban J connectivity index is 2.01. The van der Waals surface area contributed by atoms with E-state index in [2.05, 4.69) is 9.97 Å². The van der Waals surface area contributed by atoms with Gasteiger partial charge in [-0.25, -0.2) is 9.97 Å². The Bertz CT molecular complexity index is 912. The third-order valence-corrected chi connectivity index (χ3v) is 4.14. The highest BCUT2D eigenvalue weighted by Crippen LogP contribution is 2.36. The lowest BCUT2D eigenvalue weighted by Gasteiger charge is -2.23. The first-order chi connectivity index (χ1) is 13.3. The van der Waals surface area contributed by atoms with E-state index in [4.69, 9.17) is 24.7 Å². The lowest BCUT2D eigenvalue weighted by Crippen LogP contribution is -2.40. The van der Waals surface area contributed by atoms with Crippen LogP contribution in [0.15, 0.2) is 18.6 Å². The molecule has 11 nitrogen and oxygen atoms in total. The average molecular weight is 392 g/mol. The van der Waals surface area contributed by atoms with Gasteiger partial charge in [-0.3, -0.25) is 19.0 Å². The number of nitrogen functional groups attached to an aromatic ring is 1. The molecule has 28 heavy (non-hydrogen) atoms. The Kier molecular flexibility index (Phi) is 5.45. The van der Waals surface area contributed by atoms with Gasteiger partial charge in [0.1, 0.15) is 18.2 Å². The molecule has 11 heteroatoms. The summed E-state index contributed by atoms with van der Waals surface area (Å²) in [7, 11) is 0. The highest BCUT2D eigenvalue weighted by Gasteiger charge is 2.50. The molecule has 0 aromatic carbocycles. The molecular formula is C17H20N4O7. The first-order valence-electron chi connectivity index (χ1n) is 8.48. The maximum Gasteiger partial charge on any atom is 0.303 e. The number of anilines is 1. The highest BCUT2D eigenvalue weighted by molar-refractivity contribution is 5.84. The summed E-state index contributed by atoms with van der Waals surface area (Å²) in [5.41, 5.74) is 6.88. The summed E-state index contributed by atoms with van der Waals surface area (Å²) < 4.78 is 23.3. The molecule has 1 fully saturated rings. The average Bonchev–Trinajstić information content (AvgIpc) is 3.16. The summed E-state index contributed by atoms with van der Waals surface area (Å²) in [5.74, 6) is -1.48. The van der Waals surface area contributed by atoms with E-state index in [1.807, 2.05) is 0 Å². The predicted octanol–water partition coefficient (Wildman–Crippen LogP) is 0.337. The number of hydrogen-bond donors (Lipinski definition) is 1. The van der Waals surface area contributed by atoms with Crippen molar-refractivity contribution in [1.29, 1.82) is 0 Å². The molecule has 1 aliphatic rings. The number of nitrogens with two attached hydrogens (primary N) is 1. The molecule has 4 atom stereocenters. The molecule has 2 aromatic rings. The van der Waals surface area contributed by atoms with Crippen molar-refractivity contribution in [3.63, 3.8) is 0 Å². The molecule has 0 amide bonds. The summed E-state index contributed by atoms with van der Waals surface area (Å²) in [6.45, 7) is 3.52. The highest BCUT2D eigenvalue weighted by atomic mass is 16.7. The fraction of sp³-hybridized carbons (Fsp3) is 0.471. The molecular weight excluding hydrogens is 372 g/mol. The molecule has 2 N–H and O–H groups in total. The maximum atomic E-state index is 11.7. The number of esters is 3. The number of pyridine rings is 1. The van der Waals surface area contributed by atoms with E-state index in [1.54, 1.807) is 10.6 Å². The Morgan fingerprint density at radius 3 is 2.43 bits per heavy atom. The molecule has 0 radical (unpaired) electrons. The third kappa shape index (κ3) is 3.88. The fourth-order valence-electron chi connectivity index (χ4n) is 3.10. The lowest BCUT2D eigenvalue weighted by atomic mass is 10.1. The lowest BCUT2D eigenvalue weighted by molar-refractivity contribution is -0.166. The van der Waals surface area contributed by atoms with Crippen LogP contribution in [0.25, 0.3) is 11.0 Å². The standard InChI is InChI=1S/C17H20N4O7/c1-8(22)25-6-12-14(26-9(2)23)15(27-10(3)24)17(28-12)21-7-20-13-11(21)4-5-19-16(13)18/h4-5,7,12,14-15,17H,6H2,1-3H3,(H2,18,19)/t12-,14?,15?,17-/m1/s1. The van der Waals surface area contributed by atoms with Gasteiger partial charge < -0.3 is 24.7 Å². The Labute approximate surface area is 159 Å². The van der Waals surface area contributed by atoms with Gasteiger partial charge in [0.05, 0.1) is 11.8 Å². The van der Waals surface area contributed by atoms with Crippen molar-refractivity contribution in [2.24, 2.45) is 0 Å². The van der Waals surface area contributed by atoms with Crippen LogP contribution in [0.3, 0.4) is 0 Å². The summed E-state index contributed by atoms with van der Waals surface area (Å²) in [5, 5.41) is 0. The van der Waals surface area contributed by atoms with Gasteiger partial charge in [0.15, 0.2) is 24.3 Å². The summed E-state index contributed by atoms with van der Waals surface area (Å²) in [6.07, 6.45) is -0.746. The zero-order valence-corrected chi connectivity index (χ0v) is 15.5.